The first-order valence-electron chi connectivity index (χ1n) is 4.95. The Morgan fingerprint density at radius 1 is 0.360 bits per heavy atom. The van der Waals surface area contributed by atoms with E-state index < -0.39 is 52.2 Å². The van der Waals surface area contributed by atoms with Crippen LogP contribution in [0.4, 0.5) is 50.4 Å². The zero-order valence-corrected chi connectivity index (χ0v) is 20.3. The molecule has 0 atom stereocenters. The van der Waals surface area contributed by atoms with Crippen molar-refractivity contribution in [2.24, 2.45) is 0 Å². The molecule has 25 heavy (non-hydrogen) atoms. The third-order valence-electron chi connectivity index (χ3n) is 1.52. The standard InChI is InChI=1S/3CH3F4NP2.Mo/c3*1-6(7(2)3)8(4)5;/h3*1H3;/p+6. The monoisotopic (exact) mass is 605 g/mol. The Labute approximate surface area is 158 Å². The summed E-state index contributed by atoms with van der Waals surface area (Å²) in [5.41, 5.74) is 0. The van der Waals surface area contributed by atoms with Crippen LogP contribution in [0.1, 0.15) is 0 Å². The largest absolute Gasteiger partial charge is 0.486 e. The average Bonchev–Trinajstić information content (AvgIpc) is 2.45. The van der Waals surface area contributed by atoms with Crippen molar-refractivity contribution < 1.29 is 71.4 Å². The van der Waals surface area contributed by atoms with Gasteiger partial charge in [-0.25, -0.2) is 0 Å². The minimum atomic E-state index is -3.88. The molecule has 0 rings (SSSR count). The summed E-state index contributed by atoms with van der Waals surface area (Å²) in [5, 5.41) is 0. The molecule has 156 valence electrons. The molecule has 0 spiro atoms. The van der Waals surface area contributed by atoms with Crippen LogP contribution in [-0.2, 0) is 21.1 Å². The third kappa shape index (κ3) is 22.5. The molecule has 0 aromatic rings. The topological polar surface area (TPSA) is 9.72 Å². The van der Waals surface area contributed by atoms with Gasteiger partial charge in [0.2, 0.25) is 0 Å². The second kappa shape index (κ2) is 19.6. The minimum Gasteiger partial charge on any atom is -0.000129 e. The van der Waals surface area contributed by atoms with Crippen molar-refractivity contribution in [1.82, 2.24) is 13.3 Å². The van der Waals surface area contributed by atoms with E-state index in [2.05, 4.69) is 0 Å². The SMILES string of the molecule is CN([PH+](F)F)[PH+](F)F.CN([PH+](F)F)[PH+](F)F.CN([PH+](F)F)[PH+](F)F.[Mo]. The van der Waals surface area contributed by atoms with E-state index in [-0.39, 0.29) is 34.4 Å². The second-order valence-electron chi connectivity index (χ2n) is 3.12. The molecule has 0 aliphatic carbocycles. The zero-order valence-electron chi connectivity index (χ0n) is 12.3. The van der Waals surface area contributed by atoms with Crippen LogP contribution in [0.15, 0.2) is 0 Å². The van der Waals surface area contributed by atoms with Gasteiger partial charge in [-0.1, -0.05) is 0 Å². The van der Waals surface area contributed by atoms with Gasteiger partial charge in [-0.2, -0.15) is 0 Å². The van der Waals surface area contributed by atoms with Crippen LogP contribution in [0.3, 0.4) is 0 Å². The molecule has 0 bridgehead atoms. The van der Waals surface area contributed by atoms with Gasteiger partial charge in [-0.15, -0.1) is 0 Å². The Morgan fingerprint density at radius 2 is 0.440 bits per heavy atom. The van der Waals surface area contributed by atoms with E-state index in [1.54, 1.807) is 0 Å². The van der Waals surface area contributed by atoms with Crippen LogP contribution in [0.5, 0.6) is 0 Å². The molecule has 0 aliphatic rings. The zero-order chi connectivity index (χ0) is 20.2. The Hall–Kier alpha value is 2.31. The van der Waals surface area contributed by atoms with Crippen LogP contribution in [-0.4, -0.2) is 34.5 Å². The van der Waals surface area contributed by atoms with Gasteiger partial charge < -0.3 is 0 Å². The summed E-state index contributed by atoms with van der Waals surface area (Å²) in [6, 6.07) is 0. The van der Waals surface area contributed by atoms with Crippen molar-refractivity contribution >= 4 is 52.2 Å². The maximum Gasteiger partial charge on any atom is 0.486 e. The number of hydrogen-bond donors (Lipinski definition) is 0. The maximum atomic E-state index is 11.3. The third-order valence-corrected chi connectivity index (χ3v) is 7.61. The van der Waals surface area contributed by atoms with Gasteiger partial charge in [0.25, 0.3) is 0 Å². The van der Waals surface area contributed by atoms with E-state index >= 15 is 0 Å². The van der Waals surface area contributed by atoms with Gasteiger partial charge in [0.1, 0.15) is 0 Å². The van der Waals surface area contributed by atoms with Crippen LogP contribution in [0.25, 0.3) is 0 Å². The summed E-state index contributed by atoms with van der Waals surface area (Å²) in [5.74, 6) is 0. The summed E-state index contributed by atoms with van der Waals surface area (Å²) < 4.78 is 135. The minimum absolute atomic E-state index is 0. The fourth-order valence-electron chi connectivity index (χ4n) is 0.192. The first-order chi connectivity index (χ1) is 10.7. The van der Waals surface area contributed by atoms with Crippen LogP contribution < -0.4 is 0 Å². The maximum absolute atomic E-state index is 11.3. The quantitative estimate of drug-likeness (QED) is 0.173. The van der Waals surface area contributed by atoms with Crippen LogP contribution in [0, 0.1) is 0 Å². The Morgan fingerprint density at radius 3 is 0.440 bits per heavy atom. The van der Waals surface area contributed by atoms with Gasteiger partial charge >= 0.3 is 52.2 Å². The molecule has 0 unspecified atom stereocenters. The van der Waals surface area contributed by atoms with Crippen molar-refractivity contribution in [2.75, 3.05) is 21.1 Å². The molecule has 22 heteroatoms. The van der Waals surface area contributed by atoms with Gasteiger partial charge in [0.05, 0.1) is 34.5 Å². The number of rotatable bonds is 6. The Bertz CT molecular complexity index is 226. The molecule has 0 aliphatic heterocycles. The van der Waals surface area contributed by atoms with E-state index in [0.29, 0.717) is 0 Å². The van der Waals surface area contributed by atoms with Crippen molar-refractivity contribution in [1.29, 1.82) is 0 Å². The first kappa shape index (κ1) is 34.8. The number of nitrogens with zero attached hydrogens (tertiary/aromatic N) is 3. The van der Waals surface area contributed by atoms with Crippen molar-refractivity contribution in [3.05, 3.63) is 0 Å². The molecular formula is C3H15F12MoN3P6+6. The number of hydrogen-bond acceptors (Lipinski definition) is 3. The summed E-state index contributed by atoms with van der Waals surface area (Å²) >= 11 is 0. The van der Waals surface area contributed by atoms with Gasteiger partial charge in [-0.3, -0.25) is 0 Å². The van der Waals surface area contributed by atoms with Gasteiger partial charge in [0, 0.05) is 21.1 Å². The molecule has 0 aromatic carbocycles. The van der Waals surface area contributed by atoms with Crippen molar-refractivity contribution in [3.63, 3.8) is 0 Å². The van der Waals surface area contributed by atoms with Gasteiger partial charge in [0.15, 0.2) is 0 Å². The fraction of sp³-hybridized carbons (Fsp3) is 1.00. The molecule has 0 saturated carbocycles. The summed E-state index contributed by atoms with van der Waals surface area (Å²) in [6.07, 6.45) is 0. The summed E-state index contributed by atoms with van der Waals surface area (Å²) in [4.78, 5) is 0. The molecule has 0 radical (unpaired) electrons. The molecule has 0 saturated heterocycles. The van der Waals surface area contributed by atoms with E-state index in [4.69, 9.17) is 0 Å². The smallest absolute Gasteiger partial charge is 0.000129 e. The molecular weight excluding hydrogens is 588 g/mol. The molecule has 0 amide bonds. The summed E-state index contributed by atoms with van der Waals surface area (Å²) in [7, 11) is -21.1. The van der Waals surface area contributed by atoms with E-state index in [9.17, 15) is 50.4 Å². The molecule has 0 fully saturated rings. The average molecular weight is 603 g/mol. The van der Waals surface area contributed by atoms with E-state index in [1.807, 2.05) is 0 Å². The second-order valence-corrected chi connectivity index (χ2v) is 11.4. The molecule has 0 aromatic heterocycles. The molecule has 0 N–H and O–H groups in total. The van der Waals surface area contributed by atoms with Gasteiger partial charge in [-0.05, 0) is 50.4 Å². The van der Waals surface area contributed by atoms with Crippen molar-refractivity contribution in [3.8, 4) is 0 Å². The van der Waals surface area contributed by atoms with Crippen molar-refractivity contribution in [2.45, 2.75) is 0 Å². The summed E-state index contributed by atoms with van der Waals surface area (Å²) in [6.45, 7) is 0. The fourth-order valence-corrected chi connectivity index (χ4v) is 1.72. The molecule has 3 nitrogen and oxygen atoms in total. The predicted molar refractivity (Wildman–Crippen MR) is 86.5 cm³/mol. The van der Waals surface area contributed by atoms with E-state index in [1.165, 1.54) is 0 Å². The normalized spacial score (nSPS) is 11.5. The number of halogens is 12. The van der Waals surface area contributed by atoms with Crippen LogP contribution >= 0.6 is 52.2 Å². The predicted octanol–water partition coefficient (Wildman–Crippen LogP) is 8.14. The molecule has 0 heterocycles. The van der Waals surface area contributed by atoms with Crippen LogP contribution in [0.2, 0.25) is 0 Å². The first-order valence-corrected chi connectivity index (χ1v) is 12.2. The Kier molecular flexibility index (Phi) is 27.3. The Balaban J connectivity index is -0.000000130. The van der Waals surface area contributed by atoms with E-state index in [0.717, 1.165) is 21.1 Å².